The number of H-pyrrole nitrogens is 1. The lowest BCUT2D eigenvalue weighted by Gasteiger charge is -2.34. The molecule has 1 aliphatic heterocycles. The van der Waals surface area contributed by atoms with Crippen LogP contribution in [-0.2, 0) is 6.54 Å². The summed E-state index contributed by atoms with van der Waals surface area (Å²) in [6, 6.07) is 13.7. The normalized spacial score (nSPS) is 15.1. The average Bonchev–Trinajstić information content (AvgIpc) is 3.24. The molecule has 0 bridgehead atoms. The lowest BCUT2D eigenvalue weighted by atomic mass is 10.0. The van der Waals surface area contributed by atoms with E-state index in [2.05, 4.69) is 31.8 Å². The summed E-state index contributed by atoms with van der Waals surface area (Å²) in [6.07, 6.45) is 3.16. The molecule has 0 amide bonds. The van der Waals surface area contributed by atoms with Crippen LogP contribution in [0.15, 0.2) is 48.7 Å². The third-order valence-electron chi connectivity index (χ3n) is 6.00. The van der Waals surface area contributed by atoms with Crippen molar-refractivity contribution in [2.24, 2.45) is 0 Å². The molecule has 0 atom stereocenters. The second-order valence-electron chi connectivity index (χ2n) is 8.04. The van der Waals surface area contributed by atoms with E-state index in [1.54, 1.807) is 25.4 Å². The fourth-order valence-corrected chi connectivity index (χ4v) is 4.17. The summed E-state index contributed by atoms with van der Waals surface area (Å²) < 4.78 is 5.22. The van der Waals surface area contributed by atoms with Crippen LogP contribution in [0.25, 0.3) is 15.7 Å². The highest BCUT2D eigenvalue weighted by atomic mass is 16.5. The molecule has 2 heterocycles. The minimum Gasteiger partial charge on any atom is -0.497 e. The lowest BCUT2D eigenvalue weighted by molar-refractivity contribution is 0.0961. The van der Waals surface area contributed by atoms with Crippen molar-refractivity contribution in [1.82, 2.24) is 14.8 Å². The number of carbonyl (C=O) groups is 1. The van der Waals surface area contributed by atoms with Crippen molar-refractivity contribution in [1.29, 1.82) is 0 Å². The Kier molecular flexibility index (Phi) is 6.66. The van der Waals surface area contributed by atoms with Gasteiger partial charge in [-0.25, -0.2) is 4.85 Å². The van der Waals surface area contributed by atoms with Crippen molar-refractivity contribution in [3.8, 4) is 5.75 Å². The van der Waals surface area contributed by atoms with Crippen LogP contribution in [0.5, 0.6) is 5.75 Å². The maximum atomic E-state index is 12.7. The highest BCUT2D eigenvalue weighted by molar-refractivity contribution is 6.08. The van der Waals surface area contributed by atoms with E-state index in [1.807, 2.05) is 18.2 Å². The maximum absolute atomic E-state index is 12.7. The molecule has 1 aliphatic rings. The third kappa shape index (κ3) is 5.13. The largest absolute Gasteiger partial charge is 0.497 e. The standard InChI is InChI=1S/C25H28N4O2/c1-26-20-7-10-24-22(16-20)23(17-27-24)25(30)4-3-11-28-12-14-29(15-13-28)18-19-5-8-21(31-2)9-6-19/h5-10,16-17,27H,3-4,11-15,18H2,2H3. The Morgan fingerprint density at radius 2 is 1.84 bits per heavy atom. The van der Waals surface area contributed by atoms with E-state index in [9.17, 15) is 4.79 Å². The molecular formula is C25H28N4O2. The van der Waals surface area contributed by atoms with Gasteiger partial charge in [-0.05, 0) is 48.2 Å². The molecular weight excluding hydrogens is 388 g/mol. The number of aromatic nitrogens is 1. The number of rotatable bonds is 8. The number of piperazine rings is 1. The molecule has 1 fully saturated rings. The topological polar surface area (TPSA) is 52.9 Å². The Hall–Kier alpha value is -3.14. The monoisotopic (exact) mass is 416 g/mol. The van der Waals surface area contributed by atoms with Gasteiger partial charge in [0, 0.05) is 56.4 Å². The minimum absolute atomic E-state index is 0.145. The summed E-state index contributed by atoms with van der Waals surface area (Å²) >= 11 is 0. The Morgan fingerprint density at radius 3 is 2.55 bits per heavy atom. The zero-order chi connectivity index (χ0) is 21.6. The molecule has 0 radical (unpaired) electrons. The maximum Gasteiger partial charge on any atom is 0.188 e. The van der Waals surface area contributed by atoms with E-state index in [0.29, 0.717) is 17.7 Å². The van der Waals surface area contributed by atoms with Gasteiger partial charge in [-0.3, -0.25) is 9.69 Å². The molecule has 1 N–H and O–H groups in total. The van der Waals surface area contributed by atoms with Crippen molar-refractivity contribution >= 4 is 22.4 Å². The summed E-state index contributed by atoms with van der Waals surface area (Å²) in [5.74, 6) is 1.04. The molecule has 4 rings (SSSR count). The van der Waals surface area contributed by atoms with Gasteiger partial charge in [0.05, 0.1) is 13.7 Å². The van der Waals surface area contributed by atoms with E-state index in [4.69, 9.17) is 11.3 Å². The molecule has 6 heteroatoms. The Labute approximate surface area is 183 Å². The number of aromatic amines is 1. The predicted octanol–water partition coefficient (Wildman–Crippen LogP) is 4.51. The zero-order valence-corrected chi connectivity index (χ0v) is 17.9. The Morgan fingerprint density at radius 1 is 1.10 bits per heavy atom. The van der Waals surface area contributed by atoms with Crippen LogP contribution in [0.3, 0.4) is 0 Å². The average molecular weight is 417 g/mol. The second kappa shape index (κ2) is 9.78. The molecule has 2 aromatic carbocycles. The summed E-state index contributed by atoms with van der Waals surface area (Å²) in [4.78, 5) is 24.3. The van der Waals surface area contributed by atoms with Crippen molar-refractivity contribution in [2.75, 3.05) is 39.8 Å². The number of carbonyl (C=O) groups excluding carboxylic acids is 1. The van der Waals surface area contributed by atoms with Crippen molar-refractivity contribution < 1.29 is 9.53 Å². The predicted molar refractivity (Wildman–Crippen MR) is 123 cm³/mol. The fraction of sp³-hybridized carbons (Fsp3) is 0.360. The van der Waals surface area contributed by atoms with Gasteiger partial charge in [0.15, 0.2) is 11.5 Å². The molecule has 6 nitrogen and oxygen atoms in total. The SMILES string of the molecule is [C-]#[N+]c1ccc2[nH]cc(C(=O)CCCN3CCN(Cc4ccc(OC)cc4)CC3)c2c1. The second-order valence-corrected chi connectivity index (χ2v) is 8.04. The Bertz CT molecular complexity index is 1070. The van der Waals surface area contributed by atoms with E-state index in [1.165, 1.54) is 5.56 Å². The van der Waals surface area contributed by atoms with Crippen LogP contribution in [-0.4, -0.2) is 60.4 Å². The van der Waals surface area contributed by atoms with E-state index >= 15 is 0 Å². The molecule has 3 aromatic rings. The first-order valence-corrected chi connectivity index (χ1v) is 10.8. The summed E-state index contributed by atoms with van der Waals surface area (Å²) in [6.45, 7) is 13.2. The number of fused-ring (bicyclic) bond motifs is 1. The van der Waals surface area contributed by atoms with Crippen LogP contribution < -0.4 is 4.74 Å². The van der Waals surface area contributed by atoms with Gasteiger partial charge in [0.25, 0.3) is 0 Å². The van der Waals surface area contributed by atoms with E-state index < -0.39 is 0 Å². The summed E-state index contributed by atoms with van der Waals surface area (Å²) in [7, 11) is 1.69. The molecule has 160 valence electrons. The van der Waals surface area contributed by atoms with Gasteiger partial charge < -0.3 is 14.6 Å². The van der Waals surface area contributed by atoms with Gasteiger partial charge in [-0.2, -0.15) is 0 Å². The molecule has 31 heavy (non-hydrogen) atoms. The lowest BCUT2D eigenvalue weighted by Crippen LogP contribution is -2.46. The number of ether oxygens (including phenoxy) is 1. The molecule has 0 unspecified atom stereocenters. The van der Waals surface area contributed by atoms with Crippen molar-refractivity contribution in [3.05, 3.63) is 71.2 Å². The van der Waals surface area contributed by atoms with Crippen LogP contribution in [0.2, 0.25) is 0 Å². The number of methoxy groups -OCH3 is 1. The molecule has 0 saturated carbocycles. The number of nitrogens with zero attached hydrogens (tertiary/aromatic N) is 3. The highest BCUT2D eigenvalue weighted by Crippen LogP contribution is 2.25. The highest BCUT2D eigenvalue weighted by Gasteiger charge is 2.18. The van der Waals surface area contributed by atoms with Gasteiger partial charge in [-0.1, -0.05) is 18.2 Å². The first kappa shape index (κ1) is 21.1. The quantitative estimate of drug-likeness (QED) is 0.434. The fourth-order valence-electron chi connectivity index (χ4n) is 4.17. The molecule has 1 saturated heterocycles. The van der Waals surface area contributed by atoms with Crippen molar-refractivity contribution in [2.45, 2.75) is 19.4 Å². The number of benzene rings is 2. The number of Topliss-reactive ketones (excluding diaryl/α,β-unsaturated/α-hetero) is 1. The van der Waals surface area contributed by atoms with Crippen LogP contribution in [0.1, 0.15) is 28.8 Å². The van der Waals surface area contributed by atoms with Gasteiger partial charge in [-0.15, -0.1) is 0 Å². The van der Waals surface area contributed by atoms with Crippen LogP contribution in [0, 0.1) is 6.57 Å². The first-order valence-electron chi connectivity index (χ1n) is 10.8. The smallest absolute Gasteiger partial charge is 0.188 e. The number of hydrogen-bond acceptors (Lipinski definition) is 4. The number of ketones is 1. The number of nitrogens with one attached hydrogen (secondary N) is 1. The summed E-state index contributed by atoms with van der Waals surface area (Å²) in [5.41, 5.74) is 3.47. The summed E-state index contributed by atoms with van der Waals surface area (Å²) in [5, 5.41) is 0.852. The van der Waals surface area contributed by atoms with Crippen molar-refractivity contribution in [3.63, 3.8) is 0 Å². The molecule has 0 aliphatic carbocycles. The van der Waals surface area contributed by atoms with Crippen LogP contribution in [0.4, 0.5) is 5.69 Å². The first-order chi connectivity index (χ1) is 15.2. The van der Waals surface area contributed by atoms with Gasteiger partial charge in [0.2, 0.25) is 0 Å². The van der Waals surface area contributed by atoms with Gasteiger partial charge in [0.1, 0.15) is 5.75 Å². The van der Waals surface area contributed by atoms with E-state index in [0.717, 1.165) is 62.3 Å². The van der Waals surface area contributed by atoms with E-state index in [-0.39, 0.29) is 5.78 Å². The molecule has 0 spiro atoms. The minimum atomic E-state index is 0.145. The third-order valence-corrected chi connectivity index (χ3v) is 6.00. The van der Waals surface area contributed by atoms with Gasteiger partial charge >= 0.3 is 0 Å². The molecule has 1 aromatic heterocycles. The zero-order valence-electron chi connectivity index (χ0n) is 17.9. The van der Waals surface area contributed by atoms with Crippen LogP contribution >= 0.6 is 0 Å². The number of hydrogen-bond donors (Lipinski definition) is 1. The Balaban J connectivity index is 1.22.